The van der Waals surface area contributed by atoms with Crippen molar-refractivity contribution >= 4 is 0 Å². The van der Waals surface area contributed by atoms with E-state index in [-0.39, 0.29) is 0 Å². The van der Waals surface area contributed by atoms with Crippen LogP contribution < -0.4 is 0 Å². The zero-order chi connectivity index (χ0) is 9.16. The third-order valence-electron chi connectivity index (χ3n) is 3.32. The molecular formula is C11H8F2. The highest BCUT2D eigenvalue weighted by Gasteiger charge is 2.87. The number of rotatable bonds is 0. The average molecular weight is 178 g/mol. The predicted octanol–water partition coefficient (Wildman–Crippen LogP) is 2.86. The van der Waals surface area contributed by atoms with E-state index >= 15 is 0 Å². The fourth-order valence-corrected chi connectivity index (χ4v) is 2.49. The van der Waals surface area contributed by atoms with E-state index in [0.717, 1.165) is 0 Å². The topological polar surface area (TPSA) is 0 Å². The lowest BCUT2D eigenvalue weighted by Crippen LogP contribution is -2.09. The van der Waals surface area contributed by atoms with Gasteiger partial charge in [-0.2, -0.15) is 0 Å². The molecule has 0 spiro atoms. The Kier molecular flexibility index (Phi) is 0.944. The van der Waals surface area contributed by atoms with Crippen molar-refractivity contribution in [1.82, 2.24) is 0 Å². The number of halogens is 2. The summed E-state index contributed by atoms with van der Waals surface area (Å²) in [6, 6.07) is 0. The van der Waals surface area contributed by atoms with Crippen molar-refractivity contribution < 1.29 is 8.78 Å². The van der Waals surface area contributed by atoms with Crippen molar-refractivity contribution in [2.45, 2.75) is 5.92 Å². The molecule has 0 aliphatic heterocycles. The Morgan fingerprint density at radius 1 is 0.615 bits per heavy atom. The summed E-state index contributed by atoms with van der Waals surface area (Å²) >= 11 is 0. The second kappa shape index (κ2) is 1.69. The maximum atomic E-state index is 13.6. The maximum Gasteiger partial charge on any atom is 0.275 e. The van der Waals surface area contributed by atoms with Crippen molar-refractivity contribution in [3.05, 3.63) is 48.6 Å². The zero-order valence-electron chi connectivity index (χ0n) is 6.87. The summed E-state index contributed by atoms with van der Waals surface area (Å²) in [7, 11) is 0. The van der Waals surface area contributed by atoms with Gasteiger partial charge in [0.15, 0.2) is 0 Å². The van der Waals surface area contributed by atoms with Crippen molar-refractivity contribution in [1.29, 1.82) is 0 Å². The van der Waals surface area contributed by atoms with E-state index in [9.17, 15) is 8.78 Å². The van der Waals surface area contributed by atoms with Gasteiger partial charge in [-0.3, -0.25) is 0 Å². The van der Waals surface area contributed by atoms with Gasteiger partial charge in [0, 0.05) is 0 Å². The lowest BCUT2D eigenvalue weighted by atomic mass is 9.85. The minimum absolute atomic E-state index is 1.05. The summed E-state index contributed by atoms with van der Waals surface area (Å²) in [5, 5.41) is 0. The third kappa shape index (κ3) is 0.481. The van der Waals surface area contributed by atoms with Crippen LogP contribution in [0.2, 0.25) is 0 Å². The van der Waals surface area contributed by atoms with Crippen LogP contribution in [-0.2, 0) is 0 Å². The normalized spacial score (nSPS) is 47.2. The van der Waals surface area contributed by atoms with Gasteiger partial charge in [-0.15, -0.1) is 0 Å². The molecule has 1 fully saturated rings. The number of hydrogen-bond acceptors (Lipinski definition) is 0. The Balaban J connectivity index is 2.28. The maximum absolute atomic E-state index is 13.6. The summed E-state index contributed by atoms with van der Waals surface area (Å²) in [6.45, 7) is 0. The van der Waals surface area contributed by atoms with Gasteiger partial charge in [-0.25, -0.2) is 8.78 Å². The second-order valence-corrected chi connectivity index (χ2v) is 3.75. The summed E-state index contributed by atoms with van der Waals surface area (Å²) in [6.07, 6.45) is 13.2. The van der Waals surface area contributed by atoms with Crippen molar-refractivity contribution in [3.63, 3.8) is 0 Å². The van der Waals surface area contributed by atoms with Gasteiger partial charge in [0.2, 0.25) is 0 Å². The molecule has 0 heterocycles. The summed E-state index contributed by atoms with van der Waals surface area (Å²) in [5.41, 5.74) is -2.10. The van der Waals surface area contributed by atoms with Crippen LogP contribution in [0.15, 0.2) is 48.6 Å². The molecule has 0 atom stereocenters. The third-order valence-corrected chi connectivity index (χ3v) is 3.32. The first kappa shape index (κ1) is 7.25. The molecule has 0 saturated heterocycles. The van der Waals surface area contributed by atoms with Crippen LogP contribution in [-0.4, -0.2) is 5.92 Å². The van der Waals surface area contributed by atoms with Gasteiger partial charge in [0.05, 0.1) is 10.8 Å². The highest BCUT2D eigenvalue weighted by atomic mass is 19.3. The van der Waals surface area contributed by atoms with Crippen LogP contribution in [0.1, 0.15) is 0 Å². The minimum atomic E-state index is -2.65. The second-order valence-electron chi connectivity index (χ2n) is 3.75. The van der Waals surface area contributed by atoms with E-state index in [1.54, 1.807) is 48.6 Å². The molecule has 0 N–H and O–H groups in total. The summed E-state index contributed by atoms with van der Waals surface area (Å²) in [4.78, 5) is 0. The predicted molar refractivity (Wildman–Crippen MR) is 46.4 cm³/mol. The first-order valence-electron chi connectivity index (χ1n) is 4.28. The van der Waals surface area contributed by atoms with E-state index < -0.39 is 16.8 Å². The lowest BCUT2D eigenvalue weighted by molar-refractivity contribution is 0.0744. The highest BCUT2D eigenvalue weighted by Crippen LogP contribution is 2.79. The van der Waals surface area contributed by atoms with Crippen LogP contribution in [0.5, 0.6) is 0 Å². The molecule has 2 heteroatoms. The molecule has 0 nitrogen and oxygen atoms in total. The van der Waals surface area contributed by atoms with E-state index in [0.29, 0.717) is 0 Å². The molecule has 3 aliphatic carbocycles. The van der Waals surface area contributed by atoms with Gasteiger partial charge in [0.1, 0.15) is 0 Å². The van der Waals surface area contributed by atoms with Crippen LogP contribution in [0.3, 0.4) is 0 Å². The Hall–Kier alpha value is -1.18. The van der Waals surface area contributed by atoms with Crippen LogP contribution in [0.4, 0.5) is 8.78 Å². The quantitative estimate of drug-likeness (QED) is 0.535. The van der Waals surface area contributed by atoms with Gasteiger partial charge in [-0.1, -0.05) is 48.6 Å². The van der Waals surface area contributed by atoms with E-state index in [1.165, 1.54) is 0 Å². The lowest BCUT2D eigenvalue weighted by Gasteiger charge is -2.15. The fourth-order valence-electron chi connectivity index (χ4n) is 2.49. The molecule has 0 aromatic heterocycles. The first-order valence-corrected chi connectivity index (χ1v) is 4.28. The molecule has 0 amide bonds. The zero-order valence-corrected chi connectivity index (χ0v) is 6.87. The Bertz CT molecular complexity index is 323. The molecule has 0 radical (unpaired) electrons. The molecule has 0 unspecified atom stereocenters. The smallest absolute Gasteiger partial charge is 0.204 e. The van der Waals surface area contributed by atoms with Gasteiger partial charge >= 0.3 is 0 Å². The number of hydrogen-bond donors (Lipinski definition) is 0. The fraction of sp³-hybridized carbons (Fsp3) is 0.273. The standard InChI is InChI=1S/C11H8F2/c12-11(13)9-5-1-2-6-10(9,11)8-4-3-7-9/h1-8H. The SMILES string of the molecule is FC1(F)C23C=CC=CC12C=CC=C3. The first-order chi connectivity index (χ1) is 6.16. The van der Waals surface area contributed by atoms with E-state index in [4.69, 9.17) is 0 Å². The van der Waals surface area contributed by atoms with Crippen LogP contribution in [0, 0.1) is 10.8 Å². The van der Waals surface area contributed by atoms with Gasteiger partial charge < -0.3 is 0 Å². The van der Waals surface area contributed by atoms with E-state index in [1.807, 2.05) is 0 Å². The number of alkyl halides is 2. The molecule has 13 heavy (non-hydrogen) atoms. The van der Waals surface area contributed by atoms with Crippen molar-refractivity contribution in [2.24, 2.45) is 10.8 Å². The summed E-state index contributed by atoms with van der Waals surface area (Å²) < 4.78 is 27.3. The Labute approximate surface area is 74.9 Å². The number of allylic oxidation sites excluding steroid dienone is 8. The summed E-state index contributed by atoms with van der Waals surface area (Å²) in [5.74, 6) is -2.65. The molecule has 3 aliphatic rings. The molecular weight excluding hydrogens is 170 g/mol. The van der Waals surface area contributed by atoms with Crippen LogP contribution >= 0.6 is 0 Å². The van der Waals surface area contributed by atoms with E-state index in [2.05, 4.69) is 0 Å². The Morgan fingerprint density at radius 2 is 0.923 bits per heavy atom. The van der Waals surface area contributed by atoms with Gasteiger partial charge in [-0.05, 0) is 0 Å². The van der Waals surface area contributed by atoms with Gasteiger partial charge in [0.25, 0.3) is 5.92 Å². The average Bonchev–Trinajstić information content (AvgIpc) is 2.61. The minimum Gasteiger partial charge on any atom is -0.204 e. The molecule has 0 aromatic carbocycles. The molecule has 1 saturated carbocycles. The monoisotopic (exact) mass is 178 g/mol. The Morgan fingerprint density at radius 3 is 1.23 bits per heavy atom. The largest absolute Gasteiger partial charge is 0.275 e. The molecule has 0 aromatic rings. The highest BCUT2D eigenvalue weighted by molar-refractivity contribution is 5.56. The van der Waals surface area contributed by atoms with Crippen LogP contribution in [0.25, 0.3) is 0 Å². The molecule has 66 valence electrons. The molecule has 0 bridgehead atoms. The van der Waals surface area contributed by atoms with Crippen molar-refractivity contribution in [3.8, 4) is 0 Å². The molecule has 3 rings (SSSR count). The van der Waals surface area contributed by atoms with Crippen molar-refractivity contribution in [2.75, 3.05) is 0 Å².